The average molecular weight is 308 g/mol. The van der Waals surface area contributed by atoms with Crippen molar-refractivity contribution >= 4 is 11.6 Å². The summed E-state index contributed by atoms with van der Waals surface area (Å²) in [6.45, 7) is 4.75. The molecule has 0 fully saturated rings. The predicted octanol–water partition coefficient (Wildman–Crippen LogP) is 4.50. The van der Waals surface area contributed by atoms with Crippen LogP contribution in [-0.2, 0) is 0 Å². The number of hydrogen-bond donors (Lipinski definition) is 1. The normalized spacial score (nSPS) is 12.2. The van der Waals surface area contributed by atoms with Crippen LogP contribution in [0, 0.1) is 12.7 Å². The molecule has 0 aliphatic heterocycles. The maximum absolute atomic E-state index is 13.9. The van der Waals surface area contributed by atoms with E-state index >= 15 is 0 Å². The lowest BCUT2D eigenvalue weighted by Crippen LogP contribution is -2.22. The van der Waals surface area contributed by atoms with E-state index in [4.69, 9.17) is 16.3 Å². The van der Waals surface area contributed by atoms with Gasteiger partial charge < -0.3 is 10.1 Å². The molecule has 4 heteroatoms. The van der Waals surface area contributed by atoms with Gasteiger partial charge in [-0.2, -0.15) is 0 Å². The number of benzene rings is 2. The second-order valence-corrected chi connectivity index (χ2v) is 5.32. The average Bonchev–Trinajstić information content (AvgIpc) is 2.45. The van der Waals surface area contributed by atoms with E-state index in [0.717, 1.165) is 23.2 Å². The van der Waals surface area contributed by atoms with Crippen LogP contribution < -0.4 is 10.1 Å². The summed E-state index contributed by atoms with van der Waals surface area (Å²) in [4.78, 5) is 0. The zero-order valence-electron chi connectivity index (χ0n) is 12.4. The van der Waals surface area contributed by atoms with Crippen LogP contribution in [0.2, 0.25) is 5.02 Å². The Balaban J connectivity index is 2.45. The Morgan fingerprint density at radius 1 is 1.24 bits per heavy atom. The van der Waals surface area contributed by atoms with Gasteiger partial charge >= 0.3 is 0 Å². The maximum Gasteiger partial charge on any atom is 0.165 e. The zero-order valence-corrected chi connectivity index (χ0v) is 13.2. The van der Waals surface area contributed by atoms with Gasteiger partial charge in [0, 0.05) is 5.02 Å². The Bertz CT molecular complexity index is 630. The number of aryl methyl sites for hydroxylation is 1. The van der Waals surface area contributed by atoms with Gasteiger partial charge in [0.15, 0.2) is 11.6 Å². The van der Waals surface area contributed by atoms with E-state index in [-0.39, 0.29) is 17.6 Å². The Morgan fingerprint density at radius 3 is 2.57 bits per heavy atom. The summed E-state index contributed by atoms with van der Waals surface area (Å²) >= 11 is 6.35. The minimum absolute atomic E-state index is 0.150. The molecule has 2 aromatic rings. The molecule has 0 radical (unpaired) electrons. The molecule has 2 nitrogen and oxygen atoms in total. The Labute approximate surface area is 129 Å². The fourth-order valence-electron chi connectivity index (χ4n) is 2.34. The number of rotatable bonds is 5. The molecule has 0 bridgehead atoms. The SMILES string of the molecule is CCNC(c1ccc(OC)c(F)c1)c1ccc(C)cc1Cl. The van der Waals surface area contributed by atoms with Gasteiger partial charge in [0.2, 0.25) is 0 Å². The molecule has 1 unspecified atom stereocenters. The summed E-state index contributed by atoms with van der Waals surface area (Å²) in [5.41, 5.74) is 2.86. The first-order valence-corrected chi connectivity index (χ1v) is 7.27. The van der Waals surface area contributed by atoms with Crippen molar-refractivity contribution in [2.45, 2.75) is 19.9 Å². The summed E-state index contributed by atoms with van der Waals surface area (Å²) in [5.74, 6) is -0.134. The molecule has 2 rings (SSSR count). The van der Waals surface area contributed by atoms with E-state index in [1.807, 2.05) is 38.1 Å². The van der Waals surface area contributed by atoms with Crippen LogP contribution >= 0.6 is 11.6 Å². The molecule has 0 spiro atoms. The predicted molar refractivity (Wildman–Crippen MR) is 84.7 cm³/mol. The van der Waals surface area contributed by atoms with Gasteiger partial charge in [0.1, 0.15) is 0 Å². The monoisotopic (exact) mass is 307 g/mol. The van der Waals surface area contributed by atoms with Gasteiger partial charge in [-0.05, 0) is 48.4 Å². The zero-order chi connectivity index (χ0) is 15.4. The number of halogens is 2. The van der Waals surface area contributed by atoms with Crippen molar-refractivity contribution in [3.05, 3.63) is 63.9 Å². The quantitative estimate of drug-likeness (QED) is 0.878. The van der Waals surface area contributed by atoms with Crippen molar-refractivity contribution in [1.29, 1.82) is 0 Å². The fraction of sp³-hybridized carbons (Fsp3) is 0.294. The number of hydrogen-bond acceptors (Lipinski definition) is 2. The Hall–Kier alpha value is -1.58. The van der Waals surface area contributed by atoms with Crippen molar-refractivity contribution in [2.24, 2.45) is 0 Å². The number of nitrogens with one attached hydrogen (secondary N) is 1. The molecule has 0 aliphatic rings. The summed E-state index contributed by atoms with van der Waals surface area (Å²) in [6, 6.07) is 10.7. The standard InChI is InChI=1S/C17H19ClFNO/c1-4-20-17(13-7-5-11(2)9-14(13)18)12-6-8-16(21-3)15(19)10-12/h5-10,17,20H,4H2,1-3H3. The van der Waals surface area contributed by atoms with Gasteiger partial charge in [-0.25, -0.2) is 4.39 Å². The van der Waals surface area contributed by atoms with Crippen LogP contribution in [0.15, 0.2) is 36.4 Å². The molecule has 0 heterocycles. The first-order valence-electron chi connectivity index (χ1n) is 6.89. The molecule has 2 aromatic carbocycles. The summed E-state index contributed by atoms with van der Waals surface area (Å²) in [7, 11) is 1.46. The highest BCUT2D eigenvalue weighted by Crippen LogP contribution is 2.31. The highest BCUT2D eigenvalue weighted by molar-refractivity contribution is 6.31. The maximum atomic E-state index is 13.9. The third kappa shape index (κ3) is 3.55. The summed E-state index contributed by atoms with van der Waals surface area (Å²) in [6.07, 6.45) is 0. The first kappa shape index (κ1) is 15.8. The van der Waals surface area contributed by atoms with Gasteiger partial charge in [0.25, 0.3) is 0 Å². The topological polar surface area (TPSA) is 21.3 Å². The minimum Gasteiger partial charge on any atom is -0.494 e. The minimum atomic E-state index is -0.374. The lowest BCUT2D eigenvalue weighted by Gasteiger charge is -2.21. The van der Waals surface area contributed by atoms with Crippen LogP contribution in [0.5, 0.6) is 5.75 Å². The van der Waals surface area contributed by atoms with Gasteiger partial charge in [-0.1, -0.05) is 36.7 Å². The third-order valence-electron chi connectivity index (χ3n) is 3.38. The Kier molecular flexibility index (Phi) is 5.21. The molecule has 0 aromatic heterocycles. The fourth-order valence-corrected chi connectivity index (χ4v) is 2.68. The molecule has 0 amide bonds. The van der Waals surface area contributed by atoms with Crippen LogP contribution in [0.4, 0.5) is 4.39 Å². The highest BCUT2D eigenvalue weighted by atomic mass is 35.5. The summed E-state index contributed by atoms with van der Waals surface area (Å²) < 4.78 is 18.9. The number of methoxy groups -OCH3 is 1. The largest absolute Gasteiger partial charge is 0.494 e. The summed E-state index contributed by atoms with van der Waals surface area (Å²) in [5, 5.41) is 4.03. The van der Waals surface area contributed by atoms with Crippen LogP contribution in [0.25, 0.3) is 0 Å². The lowest BCUT2D eigenvalue weighted by molar-refractivity contribution is 0.385. The van der Waals surface area contributed by atoms with E-state index in [9.17, 15) is 4.39 Å². The molecule has 0 saturated heterocycles. The van der Waals surface area contributed by atoms with E-state index in [1.54, 1.807) is 6.07 Å². The van der Waals surface area contributed by atoms with Crippen molar-refractivity contribution in [3.8, 4) is 5.75 Å². The molecule has 112 valence electrons. The van der Waals surface area contributed by atoms with Crippen LogP contribution in [-0.4, -0.2) is 13.7 Å². The van der Waals surface area contributed by atoms with Crippen LogP contribution in [0.1, 0.15) is 29.7 Å². The molecule has 0 aliphatic carbocycles. The van der Waals surface area contributed by atoms with E-state index in [2.05, 4.69) is 5.32 Å². The molecule has 0 saturated carbocycles. The van der Waals surface area contributed by atoms with Gasteiger partial charge in [-0.3, -0.25) is 0 Å². The van der Waals surface area contributed by atoms with Crippen molar-refractivity contribution < 1.29 is 9.13 Å². The second-order valence-electron chi connectivity index (χ2n) is 4.91. The molecule has 21 heavy (non-hydrogen) atoms. The molecular weight excluding hydrogens is 289 g/mol. The lowest BCUT2D eigenvalue weighted by atomic mass is 9.97. The van der Waals surface area contributed by atoms with Crippen molar-refractivity contribution in [1.82, 2.24) is 5.32 Å². The van der Waals surface area contributed by atoms with Crippen molar-refractivity contribution in [3.63, 3.8) is 0 Å². The third-order valence-corrected chi connectivity index (χ3v) is 3.71. The molecule has 1 atom stereocenters. The molecule has 1 N–H and O–H groups in total. The Morgan fingerprint density at radius 2 is 2.00 bits per heavy atom. The van der Waals surface area contributed by atoms with E-state index < -0.39 is 0 Å². The smallest absolute Gasteiger partial charge is 0.165 e. The van der Waals surface area contributed by atoms with Crippen LogP contribution in [0.3, 0.4) is 0 Å². The van der Waals surface area contributed by atoms with Gasteiger partial charge in [-0.15, -0.1) is 0 Å². The van der Waals surface area contributed by atoms with Crippen molar-refractivity contribution in [2.75, 3.05) is 13.7 Å². The molecular formula is C17H19ClFNO. The highest BCUT2D eigenvalue weighted by Gasteiger charge is 2.17. The second kappa shape index (κ2) is 6.92. The van der Waals surface area contributed by atoms with E-state index in [0.29, 0.717) is 5.02 Å². The van der Waals surface area contributed by atoms with Gasteiger partial charge in [0.05, 0.1) is 13.2 Å². The first-order chi connectivity index (χ1) is 10.1. The number of ether oxygens (including phenoxy) is 1. The van der Waals surface area contributed by atoms with E-state index in [1.165, 1.54) is 13.2 Å².